The molecular formula is C15H13Cl2N5OS. The Morgan fingerprint density at radius 1 is 1.21 bits per heavy atom. The maximum atomic E-state index is 6.17. The van der Waals surface area contributed by atoms with Gasteiger partial charge in [-0.25, -0.2) is 9.97 Å². The minimum atomic E-state index is 0.211. The number of hydrogen-bond donors (Lipinski definition) is 1. The molecule has 0 spiro atoms. The predicted octanol–water partition coefficient (Wildman–Crippen LogP) is 4.27. The fourth-order valence-corrected chi connectivity index (χ4v) is 3.05. The van der Waals surface area contributed by atoms with Crippen molar-refractivity contribution in [3.63, 3.8) is 0 Å². The van der Waals surface area contributed by atoms with Gasteiger partial charge in [0.2, 0.25) is 11.8 Å². The standard InChI is InChI=1S/C15H13Cl2N5OS/c1-2-12-20-14(18)22-15(21-12)24-7-13-19-6-11(23-13)9-5-8(16)3-4-10(9)17/h3-6H,2,7H2,1H3,(H2,18,20,21,22). The molecule has 0 fully saturated rings. The van der Waals surface area contributed by atoms with Gasteiger partial charge in [-0.15, -0.1) is 0 Å². The van der Waals surface area contributed by atoms with E-state index in [-0.39, 0.29) is 5.95 Å². The molecule has 0 bridgehead atoms. The van der Waals surface area contributed by atoms with Gasteiger partial charge in [0.05, 0.1) is 17.0 Å². The lowest BCUT2D eigenvalue weighted by molar-refractivity contribution is 0.530. The quantitative estimate of drug-likeness (QED) is 0.659. The first kappa shape index (κ1) is 17.0. The second-order valence-corrected chi connectivity index (χ2v) is 6.56. The summed E-state index contributed by atoms with van der Waals surface area (Å²) in [4.78, 5) is 16.7. The Hall–Kier alpha value is -1.83. The highest BCUT2D eigenvalue weighted by atomic mass is 35.5. The molecule has 0 saturated heterocycles. The normalized spacial score (nSPS) is 11.0. The van der Waals surface area contributed by atoms with E-state index >= 15 is 0 Å². The van der Waals surface area contributed by atoms with Crippen LogP contribution in [0.2, 0.25) is 10.0 Å². The Morgan fingerprint density at radius 2 is 2.04 bits per heavy atom. The Balaban J connectivity index is 1.75. The van der Waals surface area contributed by atoms with Crippen molar-refractivity contribution < 1.29 is 4.42 Å². The van der Waals surface area contributed by atoms with Crippen LogP contribution in [0, 0.1) is 0 Å². The van der Waals surface area contributed by atoms with Crippen molar-refractivity contribution in [1.29, 1.82) is 0 Å². The molecule has 0 aliphatic carbocycles. The van der Waals surface area contributed by atoms with E-state index in [4.69, 9.17) is 33.4 Å². The number of nitrogen functional groups attached to an aromatic ring is 1. The molecule has 2 heterocycles. The molecule has 2 N–H and O–H groups in total. The lowest BCUT2D eigenvalue weighted by Crippen LogP contribution is -2.03. The SMILES string of the molecule is CCc1nc(N)nc(SCc2ncc(-c3cc(Cl)ccc3Cl)o2)n1. The number of thioether (sulfide) groups is 1. The van der Waals surface area contributed by atoms with Crippen molar-refractivity contribution in [2.45, 2.75) is 24.3 Å². The number of rotatable bonds is 5. The van der Waals surface area contributed by atoms with E-state index in [0.717, 1.165) is 0 Å². The molecule has 6 nitrogen and oxygen atoms in total. The fourth-order valence-electron chi connectivity index (χ4n) is 1.95. The van der Waals surface area contributed by atoms with Crippen LogP contribution in [-0.4, -0.2) is 19.9 Å². The van der Waals surface area contributed by atoms with Gasteiger partial charge in [0.15, 0.2) is 10.9 Å². The first-order chi connectivity index (χ1) is 11.5. The molecule has 3 aromatic rings. The number of benzene rings is 1. The summed E-state index contributed by atoms with van der Waals surface area (Å²) in [5.41, 5.74) is 6.37. The summed E-state index contributed by atoms with van der Waals surface area (Å²) in [7, 11) is 0. The number of aryl methyl sites for hydroxylation is 1. The zero-order valence-corrected chi connectivity index (χ0v) is 15.0. The summed E-state index contributed by atoms with van der Waals surface area (Å²) in [6.45, 7) is 1.96. The first-order valence-electron chi connectivity index (χ1n) is 7.08. The van der Waals surface area contributed by atoms with Crippen LogP contribution in [0.4, 0.5) is 5.95 Å². The molecular weight excluding hydrogens is 369 g/mol. The zero-order chi connectivity index (χ0) is 17.1. The van der Waals surface area contributed by atoms with Crippen LogP contribution in [-0.2, 0) is 12.2 Å². The van der Waals surface area contributed by atoms with Gasteiger partial charge < -0.3 is 10.2 Å². The topological polar surface area (TPSA) is 90.7 Å². The van der Waals surface area contributed by atoms with Crippen LogP contribution in [0.25, 0.3) is 11.3 Å². The third kappa shape index (κ3) is 3.98. The molecule has 0 aliphatic heterocycles. The van der Waals surface area contributed by atoms with E-state index in [1.54, 1.807) is 24.4 Å². The molecule has 1 aromatic carbocycles. The maximum absolute atomic E-state index is 6.17. The molecule has 0 atom stereocenters. The molecule has 0 saturated carbocycles. The Morgan fingerprint density at radius 3 is 2.83 bits per heavy atom. The Bertz CT molecular complexity index is 871. The lowest BCUT2D eigenvalue weighted by Gasteiger charge is -2.02. The van der Waals surface area contributed by atoms with E-state index in [1.165, 1.54) is 11.8 Å². The van der Waals surface area contributed by atoms with Crippen molar-refractivity contribution >= 4 is 40.9 Å². The number of halogens is 2. The van der Waals surface area contributed by atoms with E-state index in [2.05, 4.69) is 19.9 Å². The number of hydrogen-bond acceptors (Lipinski definition) is 7. The van der Waals surface area contributed by atoms with Crippen molar-refractivity contribution in [3.05, 3.63) is 46.2 Å². The van der Waals surface area contributed by atoms with Gasteiger partial charge in [0.1, 0.15) is 5.82 Å². The highest BCUT2D eigenvalue weighted by Crippen LogP contribution is 2.32. The smallest absolute Gasteiger partial charge is 0.224 e. The number of nitrogens with zero attached hydrogens (tertiary/aromatic N) is 4. The first-order valence-corrected chi connectivity index (χ1v) is 8.82. The second kappa shape index (κ2) is 7.38. The van der Waals surface area contributed by atoms with Crippen molar-refractivity contribution in [2.24, 2.45) is 0 Å². The van der Waals surface area contributed by atoms with E-state index in [9.17, 15) is 0 Å². The summed E-state index contributed by atoms with van der Waals surface area (Å²) >= 11 is 13.5. The third-order valence-corrected chi connectivity index (χ3v) is 4.46. The minimum absolute atomic E-state index is 0.211. The largest absolute Gasteiger partial charge is 0.440 e. The highest BCUT2D eigenvalue weighted by molar-refractivity contribution is 7.98. The Labute approximate surface area is 152 Å². The summed E-state index contributed by atoms with van der Waals surface area (Å²) in [6.07, 6.45) is 2.31. The van der Waals surface area contributed by atoms with Gasteiger partial charge in [-0.1, -0.05) is 41.9 Å². The average molecular weight is 382 g/mol. The summed E-state index contributed by atoms with van der Waals surface area (Å²) in [5, 5.41) is 1.67. The van der Waals surface area contributed by atoms with Crippen LogP contribution in [0.1, 0.15) is 18.6 Å². The van der Waals surface area contributed by atoms with E-state index in [0.29, 0.717) is 50.4 Å². The second-order valence-electron chi connectivity index (χ2n) is 4.78. The summed E-state index contributed by atoms with van der Waals surface area (Å²) in [6, 6.07) is 5.18. The molecule has 24 heavy (non-hydrogen) atoms. The van der Waals surface area contributed by atoms with E-state index < -0.39 is 0 Å². The summed E-state index contributed by atoms with van der Waals surface area (Å²) < 4.78 is 5.74. The van der Waals surface area contributed by atoms with Gasteiger partial charge in [-0.05, 0) is 18.2 Å². The third-order valence-electron chi connectivity index (χ3n) is 3.07. The van der Waals surface area contributed by atoms with Crippen LogP contribution >= 0.6 is 35.0 Å². The minimum Gasteiger partial charge on any atom is -0.440 e. The number of oxazole rings is 1. The van der Waals surface area contributed by atoms with Crippen LogP contribution in [0.5, 0.6) is 0 Å². The van der Waals surface area contributed by atoms with Gasteiger partial charge in [0.25, 0.3) is 0 Å². The Kier molecular flexibility index (Phi) is 5.23. The zero-order valence-electron chi connectivity index (χ0n) is 12.7. The van der Waals surface area contributed by atoms with Gasteiger partial charge in [-0.3, -0.25) is 0 Å². The molecule has 9 heteroatoms. The fraction of sp³-hybridized carbons (Fsp3) is 0.200. The number of aromatic nitrogens is 4. The number of nitrogens with two attached hydrogens (primary N) is 1. The van der Waals surface area contributed by atoms with Crippen LogP contribution < -0.4 is 5.73 Å². The maximum Gasteiger partial charge on any atom is 0.224 e. The highest BCUT2D eigenvalue weighted by Gasteiger charge is 2.12. The predicted molar refractivity (Wildman–Crippen MR) is 95.1 cm³/mol. The van der Waals surface area contributed by atoms with Gasteiger partial charge >= 0.3 is 0 Å². The number of anilines is 1. The monoisotopic (exact) mass is 381 g/mol. The molecule has 0 amide bonds. The molecule has 124 valence electrons. The van der Waals surface area contributed by atoms with Gasteiger partial charge in [0, 0.05) is 17.0 Å². The van der Waals surface area contributed by atoms with Crippen molar-refractivity contribution in [3.8, 4) is 11.3 Å². The lowest BCUT2D eigenvalue weighted by atomic mass is 10.2. The molecule has 2 aromatic heterocycles. The average Bonchev–Trinajstić information content (AvgIpc) is 3.03. The molecule has 3 rings (SSSR count). The van der Waals surface area contributed by atoms with Gasteiger partial charge in [-0.2, -0.15) is 9.97 Å². The van der Waals surface area contributed by atoms with Crippen molar-refractivity contribution in [1.82, 2.24) is 19.9 Å². The molecule has 0 aliphatic rings. The molecule has 0 radical (unpaired) electrons. The van der Waals surface area contributed by atoms with Crippen LogP contribution in [0.15, 0.2) is 34.0 Å². The van der Waals surface area contributed by atoms with Crippen LogP contribution in [0.3, 0.4) is 0 Å². The summed E-state index contributed by atoms with van der Waals surface area (Å²) in [5.74, 6) is 2.42. The van der Waals surface area contributed by atoms with E-state index in [1.807, 2.05) is 6.92 Å². The van der Waals surface area contributed by atoms with Crippen molar-refractivity contribution in [2.75, 3.05) is 5.73 Å². The molecule has 0 unspecified atom stereocenters.